The summed E-state index contributed by atoms with van der Waals surface area (Å²) < 4.78 is 0. The predicted molar refractivity (Wildman–Crippen MR) is 60.7 cm³/mol. The van der Waals surface area contributed by atoms with Crippen LogP contribution in [0, 0.1) is 0 Å². The van der Waals surface area contributed by atoms with E-state index >= 15 is 0 Å². The van der Waals surface area contributed by atoms with Crippen molar-refractivity contribution >= 4 is 11.6 Å². The maximum atomic E-state index is 11.6. The van der Waals surface area contributed by atoms with Gasteiger partial charge in [0.15, 0.2) is 0 Å². The lowest BCUT2D eigenvalue weighted by atomic mass is 9.79. The normalized spacial score (nSPS) is 23.9. The van der Waals surface area contributed by atoms with Crippen molar-refractivity contribution in [2.45, 2.75) is 31.7 Å². The van der Waals surface area contributed by atoms with Gasteiger partial charge in [-0.3, -0.25) is 4.79 Å². The van der Waals surface area contributed by atoms with Gasteiger partial charge in [0.25, 0.3) is 0 Å². The van der Waals surface area contributed by atoms with Crippen molar-refractivity contribution in [1.82, 2.24) is 0 Å². The minimum absolute atomic E-state index is 0.0603. The van der Waals surface area contributed by atoms with Crippen LogP contribution in [0.3, 0.4) is 0 Å². The van der Waals surface area contributed by atoms with E-state index in [1.807, 2.05) is 24.3 Å². The molecule has 1 aliphatic rings. The minimum Gasteiger partial charge on any atom is -0.324 e. The summed E-state index contributed by atoms with van der Waals surface area (Å²) in [7, 11) is 0. The summed E-state index contributed by atoms with van der Waals surface area (Å²) in [4.78, 5) is 11.6. The monoisotopic (exact) mass is 204 g/mol. The van der Waals surface area contributed by atoms with Crippen molar-refractivity contribution in [2.75, 3.05) is 5.32 Å². The van der Waals surface area contributed by atoms with Crippen LogP contribution in [0.1, 0.15) is 25.8 Å². The van der Waals surface area contributed by atoms with E-state index in [1.54, 1.807) is 0 Å². The van der Waals surface area contributed by atoms with Crippen LogP contribution < -0.4 is 11.1 Å². The van der Waals surface area contributed by atoms with Crippen LogP contribution in [0.15, 0.2) is 24.3 Å². The number of nitrogens with two attached hydrogens (primary N) is 1. The molecule has 0 aliphatic carbocycles. The first-order valence-electron chi connectivity index (χ1n) is 5.17. The Bertz CT molecular complexity index is 398. The third-order valence-electron chi connectivity index (χ3n) is 2.98. The molecule has 0 saturated heterocycles. The second-order valence-corrected chi connectivity index (χ2v) is 4.73. The molecule has 2 rings (SSSR count). The summed E-state index contributed by atoms with van der Waals surface area (Å²) >= 11 is 0. The van der Waals surface area contributed by atoms with E-state index in [4.69, 9.17) is 5.73 Å². The lowest BCUT2D eigenvalue weighted by Gasteiger charge is -2.25. The fourth-order valence-electron chi connectivity index (χ4n) is 2.16. The number of amides is 1. The molecule has 1 amide bonds. The Morgan fingerprint density at radius 1 is 1.40 bits per heavy atom. The van der Waals surface area contributed by atoms with Crippen molar-refractivity contribution < 1.29 is 4.79 Å². The van der Waals surface area contributed by atoms with Gasteiger partial charge in [0.05, 0.1) is 6.04 Å². The molecule has 0 aromatic heterocycles. The maximum absolute atomic E-state index is 11.6. The average Bonchev–Trinajstić information content (AvgIpc) is 2.24. The van der Waals surface area contributed by atoms with Gasteiger partial charge in [-0.2, -0.15) is 0 Å². The molecule has 0 spiro atoms. The molecule has 1 aromatic carbocycles. The first kappa shape index (κ1) is 10.2. The molecule has 15 heavy (non-hydrogen) atoms. The predicted octanol–water partition coefficient (Wildman–Crippen LogP) is 1.63. The molecule has 3 N–H and O–H groups in total. The number of hydrogen-bond donors (Lipinski definition) is 2. The first-order chi connectivity index (χ1) is 7.00. The third-order valence-corrected chi connectivity index (χ3v) is 2.98. The zero-order chi connectivity index (χ0) is 11.1. The lowest BCUT2D eigenvalue weighted by Crippen LogP contribution is -2.37. The Balaban J connectivity index is 2.52. The molecular weight excluding hydrogens is 188 g/mol. The molecule has 3 nitrogen and oxygen atoms in total. The van der Waals surface area contributed by atoms with Crippen LogP contribution in [0.5, 0.6) is 0 Å². The maximum Gasteiger partial charge on any atom is 0.241 e. The van der Waals surface area contributed by atoms with Crippen LogP contribution in [0.25, 0.3) is 0 Å². The van der Waals surface area contributed by atoms with Gasteiger partial charge >= 0.3 is 0 Å². The van der Waals surface area contributed by atoms with Crippen LogP contribution >= 0.6 is 0 Å². The minimum atomic E-state index is -0.424. The third kappa shape index (κ3) is 1.75. The Morgan fingerprint density at radius 3 is 2.80 bits per heavy atom. The van der Waals surface area contributed by atoms with Gasteiger partial charge in [-0.15, -0.1) is 0 Å². The molecule has 1 aromatic rings. The Labute approximate surface area is 89.7 Å². The van der Waals surface area contributed by atoms with Crippen molar-refractivity contribution in [3.8, 4) is 0 Å². The largest absolute Gasteiger partial charge is 0.324 e. The number of hydrogen-bond acceptors (Lipinski definition) is 2. The summed E-state index contributed by atoms with van der Waals surface area (Å²) in [5.41, 5.74) is 7.81. The van der Waals surface area contributed by atoms with Crippen molar-refractivity contribution in [1.29, 1.82) is 0 Å². The second kappa shape index (κ2) is 3.35. The van der Waals surface area contributed by atoms with E-state index in [1.165, 1.54) is 0 Å². The fraction of sp³-hybridized carbons (Fsp3) is 0.417. The number of benzene rings is 1. The molecule has 0 radical (unpaired) electrons. The number of carbonyl (C=O) groups is 1. The molecule has 80 valence electrons. The van der Waals surface area contributed by atoms with E-state index in [2.05, 4.69) is 19.2 Å². The van der Waals surface area contributed by atoms with Gasteiger partial charge in [0, 0.05) is 5.69 Å². The highest BCUT2D eigenvalue weighted by Crippen LogP contribution is 2.35. The molecule has 1 atom stereocenters. The zero-order valence-corrected chi connectivity index (χ0v) is 9.08. The van der Waals surface area contributed by atoms with E-state index in [0.717, 1.165) is 11.3 Å². The quantitative estimate of drug-likeness (QED) is 0.675. The van der Waals surface area contributed by atoms with Crippen LogP contribution in [0.2, 0.25) is 0 Å². The molecule has 1 heterocycles. The molecule has 3 heteroatoms. The molecule has 0 saturated carbocycles. The smallest absolute Gasteiger partial charge is 0.241 e. The number of anilines is 1. The van der Waals surface area contributed by atoms with Crippen LogP contribution in [0.4, 0.5) is 5.69 Å². The fourth-order valence-corrected chi connectivity index (χ4v) is 2.16. The SMILES string of the molecule is CC1(C)CC(N)C(=O)Nc2ccccc21. The van der Waals surface area contributed by atoms with Crippen LogP contribution in [-0.2, 0) is 10.2 Å². The van der Waals surface area contributed by atoms with Crippen molar-refractivity contribution in [3.05, 3.63) is 29.8 Å². The number of rotatable bonds is 0. The molecule has 1 aliphatic heterocycles. The summed E-state index contributed by atoms with van der Waals surface area (Å²) in [6, 6.07) is 7.46. The highest BCUT2D eigenvalue weighted by atomic mass is 16.2. The highest BCUT2D eigenvalue weighted by molar-refractivity contribution is 5.96. The molecule has 1 unspecified atom stereocenters. The van der Waals surface area contributed by atoms with Gasteiger partial charge in [0.2, 0.25) is 5.91 Å². The van der Waals surface area contributed by atoms with Gasteiger partial charge in [0.1, 0.15) is 0 Å². The molecule has 0 fully saturated rings. The number of carbonyl (C=O) groups excluding carboxylic acids is 1. The summed E-state index contributed by atoms with van der Waals surface area (Å²) in [6.45, 7) is 4.23. The van der Waals surface area contributed by atoms with Gasteiger partial charge in [-0.05, 0) is 23.5 Å². The van der Waals surface area contributed by atoms with Crippen LogP contribution in [-0.4, -0.2) is 11.9 Å². The second-order valence-electron chi connectivity index (χ2n) is 4.73. The van der Waals surface area contributed by atoms with E-state index < -0.39 is 6.04 Å². The zero-order valence-electron chi connectivity index (χ0n) is 9.08. The van der Waals surface area contributed by atoms with Crippen molar-refractivity contribution in [2.24, 2.45) is 5.73 Å². The van der Waals surface area contributed by atoms with Gasteiger partial charge in [-0.1, -0.05) is 32.0 Å². The summed E-state index contributed by atoms with van der Waals surface area (Å²) in [5, 5.41) is 2.86. The Hall–Kier alpha value is -1.35. The number of fused-ring (bicyclic) bond motifs is 1. The van der Waals surface area contributed by atoms with Gasteiger partial charge in [-0.25, -0.2) is 0 Å². The van der Waals surface area contributed by atoms with E-state index in [0.29, 0.717) is 6.42 Å². The average molecular weight is 204 g/mol. The summed E-state index contributed by atoms with van der Waals surface area (Å²) in [6.07, 6.45) is 0.676. The van der Waals surface area contributed by atoms with E-state index in [-0.39, 0.29) is 11.3 Å². The van der Waals surface area contributed by atoms with E-state index in [9.17, 15) is 4.79 Å². The summed E-state index contributed by atoms with van der Waals surface area (Å²) in [5.74, 6) is -0.0898. The Kier molecular flexibility index (Phi) is 2.27. The van der Waals surface area contributed by atoms with Gasteiger partial charge < -0.3 is 11.1 Å². The Morgan fingerprint density at radius 2 is 2.07 bits per heavy atom. The lowest BCUT2D eigenvalue weighted by molar-refractivity contribution is -0.117. The number of para-hydroxylation sites is 1. The number of nitrogens with one attached hydrogen (secondary N) is 1. The molecular formula is C12H16N2O. The molecule has 0 bridgehead atoms. The highest BCUT2D eigenvalue weighted by Gasteiger charge is 2.32. The standard InChI is InChI=1S/C12H16N2O/c1-12(2)7-9(13)11(15)14-10-6-4-3-5-8(10)12/h3-6,9H,7,13H2,1-2H3,(H,14,15). The first-order valence-corrected chi connectivity index (χ1v) is 5.17. The topological polar surface area (TPSA) is 55.1 Å². The van der Waals surface area contributed by atoms with Crippen molar-refractivity contribution in [3.63, 3.8) is 0 Å².